The Morgan fingerprint density at radius 2 is 1.90 bits per heavy atom. The molecule has 0 aliphatic rings. The minimum Gasteiger partial charge on any atom is -0.473 e. The molecule has 2 aromatic carbocycles. The zero-order valence-corrected chi connectivity index (χ0v) is 11.7. The monoisotopic (exact) mass is 288 g/mol. The molecule has 4 nitrogen and oxygen atoms in total. The van der Waals surface area contributed by atoms with E-state index in [0.717, 1.165) is 5.56 Å². The van der Waals surface area contributed by atoms with Crippen molar-refractivity contribution in [3.63, 3.8) is 0 Å². The Kier molecular flexibility index (Phi) is 5.15. The summed E-state index contributed by atoms with van der Waals surface area (Å²) >= 11 is 0. The number of hydrogen-bond donors (Lipinski definition) is 2. The van der Waals surface area contributed by atoms with Crippen molar-refractivity contribution in [3.05, 3.63) is 65.5 Å². The molecule has 2 N–H and O–H groups in total. The highest BCUT2D eigenvalue weighted by Crippen LogP contribution is 2.10. The fourth-order valence-corrected chi connectivity index (χ4v) is 1.71. The van der Waals surface area contributed by atoms with Gasteiger partial charge in [0.15, 0.2) is 6.73 Å². The van der Waals surface area contributed by atoms with Crippen molar-refractivity contribution in [2.24, 2.45) is 0 Å². The summed E-state index contributed by atoms with van der Waals surface area (Å²) in [7, 11) is 0. The fraction of sp³-hybridized carbons (Fsp3) is 0.188. The second-order valence-electron chi connectivity index (χ2n) is 4.59. The maximum absolute atomic E-state index is 13.0. The lowest BCUT2D eigenvalue weighted by Gasteiger charge is -2.09. The van der Waals surface area contributed by atoms with Gasteiger partial charge in [-0.15, -0.1) is 0 Å². The Labute approximate surface area is 122 Å². The highest BCUT2D eigenvalue weighted by Gasteiger charge is 2.01. The summed E-state index contributed by atoms with van der Waals surface area (Å²) in [5, 5.41) is 5.19. The molecule has 2 rings (SSSR count). The zero-order chi connectivity index (χ0) is 15.1. The Morgan fingerprint density at radius 1 is 1.14 bits per heavy atom. The van der Waals surface area contributed by atoms with Gasteiger partial charge in [-0.25, -0.2) is 9.18 Å². The van der Waals surface area contributed by atoms with Crippen LogP contribution in [0.3, 0.4) is 0 Å². The number of halogens is 1. The lowest BCUT2D eigenvalue weighted by molar-refractivity contribution is 0.223. The van der Waals surface area contributed by atoms with Gasteiger partial charge in [0.05, 0.1) is 0 Å². The van der Waals surface area contributed by atoms with E-state index in [4.69, 9.17) is 4.74 Å². The van der Waals surface area contributed by atoms with E-state index in [-0.39, 0.29) is 25.1 Å². The van der Waals surface area contributed by atoms with E-state index in [2.05, 4.69) is 10.6 Å². The highest BCUT2D eigenvalue weighted by molar-refractivity contribution is 5.73. The molecule has 0 saturated heterocycles. The molecule has 0 fully saturated rings. The minimum atomic E-state index is -0.369. The third-order valence-corrected chi connectivity index (χ3v) is 2.83. The Bertz CT molecular complexity index is 599. The maximum atomic E-state index is 13.0. The highest BCUT2D eigenvalue weighted by atomic mass is 19.1. The molecule has 0 bridgehead atoms. The predicted molar refractivity (Wildman–Crippen MR) is 78.4 cm³/mol. The molecule has 0 aliphatic heterocycles. The molecule has 2 aromatic rings. The van der Waals surface area contributed by atoms with Crippen LogP contribution in [0.2, 0.25) is 0 Å². The number of rotatable bonds is 5. The van der Waals surface area contributed by atoms with Gasteiger partial charge in [0.2, 0.25) is 0 Å². The Morgan fingerprint density at radius 3 is 2.62 bits per heavy atom. The van der Waals surface area contributed by atoms with E-state index in [0.29, 0.717) is 11.3 Å². The molecular formula is C16H17FN2O2. The van der Waals surface area contributed by atoms with Crippen LogP contribution in [0.15, 0.2) is 48.5 Å². The van der Waals surface area contributed by atoms with Crippen LogP contribution in [-0.2, 0) is 6.54 Å². The van der Waals surface area contributed by atoms with Crippen molar-refractivity contribution in [2.75, 3.05) is 6.73 Å². The van der Waals surface area contributed by atoms with E-state index < -0.39 is 0 Å². The van der Waals surface area contributed by atoms with Gasteiger partial charge in [0.25, 0.3) is 0 Å². The molecular weight excluding hydrogens is 271 g/mol. The van der Waals surface area contributed by atoms with E-state index in [1.807, 2.05) is 31.2 Å². The van der Waals surface area contributed by atoms with E-state index in [1.165, 1.54) is 12.1 Å². The normalized spacial score (nSPS) is 10.0. The fourth-order valence-electron chi connectivity index (χ4n) is 1.71. The van der Waals surface area contributed by atoms with Crippen LogP contribution in [0.5, 0.6) is 5.75 Å². The van der Waals surface area contributed by atoms with Crippen molar-refractivity contribution < 1.29 is 13.9 Å². The van der Waals surface area contributed by atoms with Crippen LogP contribution in [0.4, 0.5) is 9.18 Å². The lowest BCUT2D eigenvalue weighted by Crippen LogP contribution is -2.37. The van der Waals surface area contributed by atoms with Crippen LogP contribution < -0.4 is 15.4 Å². The molecule has 0 saturated carbocycles. The second kappa shape index (κ2) is 7.28. The molecule has 2 amide bonds. The van der Waals surface area contributed by atoms with Gasteiger partial charge in [0.1, 0.15) is 11.6 Å². The molecule has 5 heteroatoms. The summed E-state index contributed by atoms with van der Waals surface area (Å²) in [5.41, 5.74) is 1.84. The van der Waals surface area contributed by atoms with Crippen LogP contribution in [0.1, 0.15) is 11.1 Å². The predicted octanol–water partition coefficient (Wildman–Crippen LogP) is 2.97. The molecule has 0 atom stereocenters. The number of amides is 2. The summed E-state index contributed by atoms with van der Waals surface area (Å²) < 4.78 is 18.3. The van der Waals surface area contributed by atoms with Gasteiger partial charge in [-0.2, -0.15) is 0 Å². The van der Waals surface area contributed by atoms with Crippen molar-refractivity contribution in [1.29, 1.82) is 0 Å². The number of carbonyl (C=O) groups is 1. The third kappa shape index (κ3) is 5.14. The number of hydrogen-bond acceptors (Lipinski definition) is 2. The Hall–Kier alpha value is -2.56. The molecule has 0 spiro atoms. The summed E-state index contributed by atoms with van der Waals surface area (Å²) in [4.78, 5) is 11.5. The van der Waals surface area contributed by atoms with Gasteiger partial charge < -0.3 is 15.4 Å². The number of ether oxygens (including phenoxy) is 1. The van der Waals surface area contributed by atoms with Crippen LogP contribution in [-0.4, -0.2) is 12.8 Å². The van der Waals surface area contributed by atoms with Crippen molar-refractivity contribution in [2.45, 2.75) is 13.5 Å². The molecule has 0 aromatic heterocycles. The van der Waals surface area contributed by atoms with Crippen LogP contribution >= 0.6 is 0 Å². The van der Waals surface area contributed by atoms with Gasteiger partial charge in [-0.1, -0.05) is 29.8 Å². The number of urea groups is 1. The number of aryl methyl sites for hydroxylation is 1. The smallest absolute Gasteiger partial charge is 0.317 e. The molecule has 0 unspecified atom stereocenters. The van der Waals surface area contributed by atoms with Crippen molar-refractivity contribution in [1.82, 2.24) is 10.6 Å². The maximum Gasteiger partial charge on any atom is 0.317 e. The van der Waals surface area contributed by atoms with E-state index in [1.54, 1.807) is 12.1 Å². The average molecular weight is 288 g/mol. The van der Waals surface area contributed by atoms with Gasteiger partial charge >= 0.3 is 6.03 Å². The molecule has 0 heterocycles. The number of nitrogens with one attached hydrogen (secondary N) is 2. The second-order valence-corrected chi connectivity index (χ2v) is 4.59. The zero-order valence-electron chi connectivity index (χ0n) is 11.7. The summed E-state index contributed by atoms with van der Waals surface area (Å²) in [6, 6.07) is 13.2. The quantitative estimate of drug-likeness (QED) is 0.831. The van der Waals surface area contributed by atoms with Crippen LogP contribution in [0, 0.1) is 12.7 Å². The minimum absolute atomic E-state index is 0.0675. The van der Waals surface area contributed by atoms with Crippen LogP contribution in [0.25, 0.3) is 0 Å². The number of carbonyl (C=O) groups excluding carboxylic acids is 1. The molecule has 0 aliphatic carbocycles. The average Bonchev–Trinajstić information content (AvgIpc) is 2.47. The first kappa shape index (κ1) is 14.8. The Balaban J connectivity index is 1.69. The number of benzene rings is 2. The third-order valence-electron chi connectivity index (χ3n) is 2.83. The lowest BCUT2D eigenvalue weighted by atomic mass is 10.2. The SMILES string of the molecule is Cc1ccc(OCNC(=O)NCc2cccc(F)c2)cc1. The molecule has 21 heavy (non-hydrogen) atoms. The summed E-state index contributed by atoms with van der Waals surface area (Å²) in [6.07, 6.45) is 0. The first-order valence-corrected chi connectivity index (χ1v) is 6.59. The molecule has 0 radical (unpaired) electrons. The summed E-state index contributed by atoms with van der Waals surface area (Å²) in [6.45, 7) is 2.31. The van der Waals surface area contributed by atoms with Gasteiger partial charge in [-0.05, 0) is 36.8 Å². The largest absolute Gasteiger partial charge is 0.473 e. The molecule has 110 valence electrons. The first-order valence-electron chi connectivity index (χ1n) is 6.59. The standard InChI is InChI=1S/C16H17FN2O2/c1-12-5-7-15(8-6-12)21-11-19-16(20)18-10-13-3-2-4-14(17)9-13/h2-9H,10-11H2,1H3,(H2,18,19,20). The van der Waals surface area contributed by atoms with E-state index in [9.17, 15) is 9.18 Å². The van der Waals surface area contributed by atoms with Gasteiger partial charge in [0, 0.05) is 6.54 Å². The topological polar surface area (TPSA) is 50.4 Å². The van der Waals surface area contributed by atoms with Crippen molar-refractivity contribution >= 4 is 6.03 Å². The summed E-state index contributed by atoms with van der Waals surface area (Å²) in [5.74, 6) is 0.364. The first-order chi connectivity index (χ1) is 10.1. The van der Waals surface area contributed by atoms with Crippen molar-refractivity contribution in [3.8, 4) is 5.75 Å². The van der Waals surface area contributed by atoms with E-state index >= 15 is 0 Å². The van der Waals surface area contributed by atoms with Gasteiger partial charge in [-0.3, -0.25) is 0 Å².